The van der Waals surface area contributed by atoms with Gasteiger partial charge in [0.15, 0.2) is 0 Å². The van der Waals surface area contributed by atoms with Crippen molar-refractivity contribution in [1.29, 1.82) is 0 Å². The lowest BCUT2D eigenvalue weighted by Gasteiger charge is -2.21. The first-order valence-corrected chi connectivity index (χ1v) is 10.7. The number of ether oxygens (including phenoxy) is 1. The van der Waals surface area contributed by atoms with Crippen molar-refractivity contribution in [2.75, 3.05) is 28.2 Å². The summed E-state index contributed by atoms with van der Waals surface area (Å²) in [4.78, 5) is 24.3. The first-order chi connectivity index (χ1) is 14.1. The van der Waals surface area contributed by atoms with Gasteiger partial charge in [-0.1, -0.05) is 0 Å². The molecule has 1 amide bonds. The molecule has 2 N–H and O–H groups in total. The van der Waals surface area contributed by atoms with Gasteiger partial charge in [-0.05, 0) is 63.0 Å². The molecule has 0 aliphatic carbocycles. The number of nitro groups is 1. The van der Waals surface area contributed by atoms with Crippen molar-refractivity contribution in [2.45, 2.75) is 13.0 Å². The van der Waals surface area contributed by atoms with Crippen LogP contribution in [0.2, 0.25) is 0 Å². The predicted octanol–water partition coefficient (Wildman–Crippen LogP) is 3.71. The normalized spacial score (nSPS) is 12.3. The van der Waals surface area contributed by atoms with Crippen molar-refractivity contribution in [3.8, 4) is 11.5 Å². The summed E-state index contributed by atoms with van der Waals surface area (Å²) in [6.45, 7) is 1.67. The summed E-state index contributed by atoms with van der Waals surface area (Å²) in [5, 5.41) is 16.6. The van der Waals surface area contributed by atoms with E-state index in [4.69, 9.17) is 9.26 Å². The Bertz CT molecular complexity index is 956. The third-order valence-electron chi connectivity index (χ3n) is 4.28. The Labute approximate surface area is 174 Å². The predicted molar refractivity (Wildman–Crippen MR) is 113 cm³/mol. The number of carbonyl (C=O) groups is 1. The van der Waals surface area contributed by atoms with Crippen LogP contribution in [-0.4, -0.2) is 43.9 Å². The zero-order valence-electron chi connectivity index (χ0n) is 17.4. The van der Waals surface area contributed by atoms with E-state index in [0.29, 0.717) is 16.9 Å². The van der Waals surface area contributed by atoms with Crippen LogP contribution in [0.15, 0.2) is 42.5 Å². The molecule has 0 aliphatic rings. The summed E-state index contributed by atoms with van der Waals surface area (Å²) < 4.78 is 23.7. The summed E-state index contributed by atoms with van der Waals surface area (Å²) in [7, 11) is 3.04. The van der Waals surface area contributed by atoms with Crippen molar-refractivity contribution in [1.82, 2.24) is 15.1 Å². The maximum Gasteiger partial charge on any atom is 0.340 e. The third kappa shape index (κ3) is 5.64. The van der Waals surface area contributed by atoms with Crippen molar-refractivity contribution < 1.29 is 23.5 Å². The molecule has 2 aromatic rings. The Kier molecular flexibility index (Phi) is 7.69. The second-order valence-corrected chi connectivity index (χ2v) is 8.76. The fraction of sp³-hybridized carbons (Fsp3) is 0.316. The minimum Gasteiger partial charge on any atom is -0.450 e. The molecule has 0 radical (unpaired) electrons. The molecular formula is C19H25N4O6P. The van der Waals surface area contributed by atoms with Crippen LogP contribution in [0.1, 0.15) is 28.9 Å². The largest absolute Gasteiger partial charge is 0.450 e. The lowest BCUT2D eigenvalue weighted by atomic mass is 10.1. The highest BCUT2D eigenvalue weighted by molar-refractivity contribution is 7.54. The van der Waals surface area contributed by atoms with Gasteiger partial charge in [-0.3, -0.25) is 24.0 Å². The Hall–Kier alpha value is -2.78. The zero-order valence-corrected chi connectivity index (χ0v) is 18.3. The summed E-state index contributed by atoms with van der Waals surface area (Å²) in [5.41, 5.74) is 0.776. The maximum absolute atomic E-state index is 12.4. The average molecular weight is 436 g/mol. The van der Waals surface area contributed by atoms with Gasteiger partial charge in [-0.15, -0.1) is 0 Å². The summed E-state index contributed by atoms with van der Waals surface area (Å²) in [5.74, 6) is 0.164. The highest BCUT2D eigenvalue weighted by Gasteiger charge is 2.25. The average Bonchev–Trinajstić information content (AvgIpc) is 2.73. The van der Waals surface area contributed by atoms with E-state index in [1.54, 1.807) is 45.3 Å². The number of rotatable bonds is 9. The van der Waals surface area contributed by atoms with Crippen LogP contribution in [0, 0.1) is 10.1 Å². The first kappa shape index (κ1) is 23.5. The Balaban J connectivity index is 2.32. The van der Waals surface area contributed by atoms with E-state index in [2.05, 4.69) is 10.2 Å². The molecule has 2 rings (SSSR count). The minimum atomic E-state index is -3.25. The number of amides is 1. The number of carbonyl (C=O) groups excluding carboxylic acids is 1. The Morgan fingerprint density at radius 1 is 1.13 bits per heavy atom. The van der Waals surface area contributed by atoms with Gasteiger partial charge in [-0.2, -0.15) is 0 Å². The molecule has 1 unspecified atom stereocenters. The van der Waals surface area contributed by atoms with Crippen LogP contribution in [0.25, 0.3) is 0 Å². The molecule has 10 nitrogen and oxygen atoms in total. The molecule has 0 heterocycles. The van der Waals surface area contributed by atoms with E-state index in [1.807, 2.05) is 0 Å². The molecule has 1 atom stereocenters. The molecule has 0 saturated carbocycles. The van der Waals surface area contributed by atoms with Gasteiger partial charge in [-0.25, -0.2) is 10.2 Å². The lowest BCUT2D eigenvalue weighted by Crippen LogP contribution is -2.21. The molecule has 0 saturated heterocycles. The molecule has 30 heavy (non-hydrogen) atoms. The van der Waals surface area contributed by atoms with Gasteiger partial charge in [0, 0.05) is 25.7 Å². The highest BCUT2D eigenvalue weighted by atomic mass is 31.2. The third-order valence-corrected chi connectivity index (χ3v) is 6.07. The number of nitro benzene ring substituents is 1. The number of nitrogens with zero attached hydrogens (tertiary/aromatic N) is 2. The first-order valence-electron chi connectivity index (χ1n) is 9.04. The van der Waals surface area contributed by atoms with Crippen LogP contribution in [0.3, 0.4) is 0 Å². The second kappa shape index (κ2) is 9.82. The number of benzene rings is 2. The van der Waals surface area contributed by atoms with Crippen LogP contribution in [-0.2, 0) is 9.09 Å². The standard InChI is InChI=1S/C19H25N4O6P/c1-13(29-30(27,20-2)21-3)15-8-11-17(23(25)26)18(12-15)28-16-9-6-14(7-10-16)19(24)22(4)5/h6-13H,1-5H3,(H2,20,21,27). The van der Waals surface area contributed by atoms with Gasteiger partial charge in [0.2, 0.25) is 5.75 Å². The Morgan fingerprint density at radius 3 is 2.23 bits per heavy atom. The summed E-state index contributed by atoms with van der Waals surface area (Å²) in [6.07, 6.45) is -0.640. The van der Waals surface area contributed by atoms with Gasteiger partial charge in [0.25, 0.3) is 5.91 Å². The molecule has 11 heteroatoms. The SMILES string of the molecule is CNP(=O)(NC)OC(C)c1ccc([N+](=O)[O-])c(Oc2ccc(C(=O)N(C)C)cc2)c1. The molecule has 0 aliphatic heterocycles. The van der Waals surface area contributed by atoms with Crippen LogP contribution in [0.5, 0.6) is 11.5 Å². The van der Waals surface area contributed by atoms with Crippen molar-refractivity contribution in [3.05, 3.63) is 63.7 Å². The van der Waals surface area contributed by atoms with Crippen LogP contribution >= 0.6 is 7.67 Å². The molecule has 0 bridgehead atoms. The van der Waals surface area contributed by atoms with Gasteiger partial charge < -0.3 is 9.64 Å². The van der Waals surface area contributed by atoms with Gasteiger partial charge in [0.05, 0.1) is 11.0 Å². The smallest absolute Gasteiger partial charge is 0.340 e. The van der Waals surface area contributed by atoms with Crippen molar-refractivity contribution in [3.63, 3.8) is 0 Å². The Morgan fingerprint density at radius 2 is 1.73 bits per heavy atom. The van der Waals surface area contributed by atoms with Crippen molar-refractivity contribution in [2.24, 2.45) is 0 Å². The van der Waals surface area contributed by atoms with Crippen LogP contribution in [0.4, 0.5) is 5.69 Å². The van der Waals surface area contributed by atoms with E-state index in [-0.39, 0.29) is 17.3 Å². The topological polar surface area (TPSA) is 123 Å². The van der Waals surface area contributed by atoms with Gasteiger partial charge in [0.1, 0.15) is 5.75 Å². The van der Waals surface area contributed by atoms with E-state index in [9.17, 15) is 19.5 Å². The van der Waals surface area contributed by atoms with E-state index >= 15 is 0 Å². The monoisotopic (exact) mass is 436 g/mol. The molecule has 162 valence electrons. The molecule has 0 spiro atoms. The maximum atomic E-state index is 12.4. The molecule has 2 aromatic carbocycles. The van der Waals surface area contributed by atoms with E-state index < -0.39 is 18.7 Å². The lowest BCUT2D eigenvalue weighted by molar-refractivity contribution is -0.385. The van der Waals surface area contributed by atoms with E-state index in [0.717, 1.165) is 0 Å². The minimum absolute atomic E-state index is 0.00313. The number of hydrogen-bond acceptors (Lipinski definition) is 6. The summed E-state index contributed by atoms with van der Waals surface area (Å²) in [6, 6.07) is 10.6. The van der Waals surface area contributed by atoms with Crippen molar-refractivity contribution >= 4 is 19.3 Å². The second-order valence-electron chi connectivity index (χ2n) is 6.56. The highest BCUT2D eigenvalue weighted by Crippen LogP contribution is 2.43. The number of hydrogen-bond donors (Lipinski definition) is 2. The molecular weight excluding hydrogens is 411 g/mol. The van der Waals surface area contributed by atoms with Crippen LogP contribution < -0.4 is 14.9 Å². The van der Waals surface area contributed by atoms with E-state index in [1.165, 1.54) is 37.2 Å². The fourth-order valence-electron chi connectivity index (χ4n) is 2.57. The molecule has 0 fully saturated rings. The number of nitrogens with one attached hydrogen (secondary N) is 2. The fourth-order valence-corrected chi connectivity index (χ4v) is 3.57. The quantitative estimate of drug-likeness (QED) is 0.346. The molecule has 0 aromatic heterocycles. The summed E-state index contributed by atoms with van der Waals surface area (Å²) >= 11 is 0. The zero-order chi connectivity index (χ0) is 22.5. The van der Waals surface area contributed by atoms with Gasteiger partial charge >= 0.3 is 13.4 Å².